The quantitative estimate of drug-likeness (QED) is 0.788. The van der Waals surface area contributed by atoms with E-state index in [2.05, 4.69) is 10.6 Å². The van der Waals surface area contributed by atoms with Crippen LogP contribution in [-0.4, -0.2) is 26.0 Å². The molecule has 0 aromatic heterocycles. The zero-order valence-corrected chi connectivity index (χ0v) is 13.8. The van der Waals surface area contributed by atoms with Crippen LogP contribution in [-0.2, 0) is 9.59 Å². The fraction of sp³-hybridized carbons (Fsp3) is 0.167. The molecule has 7 nitrogen and oxygen atoms in total. The molecular formula is C18H17N3O4. The third-order valence-electron chi connectivity index (χ3n) is 3.32. The molecule has 0 aliphatic rings. The van der Waals surface area contributed by atoms with E-state index in [1.807, 2.05) is 6.07 Å². The van der Waals surface area contributed by atoms with Crippen LogP contribution in [0, 0.1) is 11.3 Å². The van der Waals surface area contributed by atoms with Gasteiger partial charge in [0.2, 0.25) is 11.8 Å². The van der Waals surface area contributed by atoms with Crippen LogP contribution < -0.4 is 20.1 Å². The first kappa shape index (κ1) is 17.8. The highest BCUT2D eigenvalue weighted by Crippen LogP contribution is 2.29. The van der Waals surface area contributed by atoms with Crippen molar-refractivity contribution in [2.75, 3.05) is 24.9 Å². The van der Waals surface area contributed by atoms with E-state index in [0.717, 1.165) is 0 Å². The van der Waals surface area contributed by atoms with Gasteiger partial charge in [0, 0.05) is 6.07 Å². The molecule has 2 aromatic rings. The molecule has 0 bridgehead atoms. The van der Waals surface area contributed by atoms with Crippen LogP contribution >= 0.6 is 0 Å². The summed E-state index contributed by atoms with van der Waals surface area (Å²) >= 11 is 0. The van der Waals surface area contributed by atoms with Crippen molar-refractivity contribution in [2.45, 2.75) is 6.42 Å². The van der Waals surface area contributed by atoms with Crippen molar-refractivity contribution in [1.82, 2.24) is 0 Å². The standard InChI is InChI=1S/C18H17N3O4/c1-24-13-7-8-16(25-2)15(9-13)21-18(23)10-17(22)20-14-6-4-3-5-12(14)11-19/h3-9H,10H2,1-2H3,(H,20,22)(H,21,23). The van der Waals surface area contributed by atoms with Crippen molar-refractivity contribution in [3.63, 3.8) is 0 Å². The van der Waals surface area contributed by atoms with E-state index in [0.29, 0.717) is 28.4 Å². The lowest BCUT2D eigenvalue weighted by Crippen LogP contribution is -2.22. The molecular weight excluding hydrogens is 322 g/mol. The van der Waals surface area contributed by atoms with Crippen LogP contribution in [0.15, 0.2) is 42.5 Å². The van der Waals surface area contributed by atoms with E-state index in [9.17, 15) is 9.59 Å². The maximum absolute atomic E-state index is 12.1. The third-order valence-corrected chi connectivity index (χ3v) is 3.32. The average molecular weight is 339 g/mol. The maximum atomic E-state index is 12.1. The Morgan fingerprint density at radius 3 is 2.32 bits per heavy atom. The molecule has 2 aromatic carbocycles. The highest BCUT2D eigenvalue weighted by Gasteiger charge is 2.14. The lowest BCUT2D eigenvalue weighted by Gasteiger charge is -2.12. The number of hydrogen-bond acceptors (Lipinski definition) is 5. The Labute approximate surface area is 145 Å². The summed E-state index contributed by atoms with van der Waals surface area (Å²) in [5.41, 5.74) is 1.09. The Bertz CT molecular complexity index is 827. The number of nitriles is 1. The number of nitrogens with zero attached hydrogens (tertiary/aromatic N) is 1. The lowest BCUT2D eigenvalue weighted by molar-refractivity contribution is -0.123. The number of methoxy groups -OCH3 is 2. The minimum Gasteiger partial charge on any atom is -0.497 e. The Balaban J connectivity index is 2.03. The molecule has 25 heavy (non-hydrogen) atoms. The topological polar surface area (TPSA) is 100 Å². The van der Waals surface area contributed by atoms with Crippen molar-refractivity contribution >= 4 is 23.2 Å². The molecule has 0 heterocycles. The number of benzene rings is 2. The Hall–Kier alpha value is -3.53. The summed E-state index contributed by atoms with van der Waals surface area (Å²) in [6.45, 7) is 0. The Morgan fingerprint density at radius 2 is 1.68 bits per heavy atom. The van der Waals surface area contributed by atoms with Crippen molar-refractivity contribution in [2.24, 2.45) is 0 Å². The summed E-state index contributed by atoms with van der Waals surface area (Å²) in [6, 6.07) is 13.5. The minimum absolute atomic E-state index is 0.325. The second kappa shape index (κ2) is 8.36. The summed E-state index contributed by atoms with van der Waals surface area (Å²) < 4.78 is 10.3. The van der Waals surface area contributed by atoms with E-state index in [1.165, 1.54) is 14.2 Å². The number of carbonyl (C=O) groups excluding carboxylic acids is 2. The van der Waals surface area contributed by atoms with Gasteiger partial charge < -0.3 is 20.1 Å². The third kappa shape index (κ3) is 4.72. The smallest absolute Gasteiger partial charge is 0.233 e. The van der Waals surface area contributed by atoms with Gasteiger partial charge in [-0.2, -0.15) is 5.26 Å². The van der Waals surface area contributed by atoms with E-state index in [-0.39, 0.29) is 0 Å². The lowest BCUT2D eigenvalue weighted by atomic mass is 10.2. The van der Waals surface area contributed by atoms with Gasteiger partial charge in [0.25, 0.3) is 0 Å². The largest absolute Gasteiger partial charge is 0.497 e. The monoisotopic (exact) mass is 339 g/mol. The molecule has 2 rings (SSSR count). The highest BCUT2D eigenvalue weighted by molar-refractivity contribution is 6.08. The molecule has 0 fully saturated rings. The molecule has 0 unspecified atom stereocenters. The maximum Gasteiger partial charge on any atom is 0.233 e. The van der Waals surface area contributed by atoms with E-state index in [1.54, 1.807) is 42.5 Å². The second-order valence-electron chi connectivity index (χ2n) is 5.00. The van der Waals surface area contributed by atoms with Gasteiger partial charge in [-0.3, -0.25) is 9.59 Å². The highest BCUT2D eigenvalue weighted by atomic mass is 16.5. The second-order valence-corrected chi connectivity index (χ2v) is 5.00. The number of para-hydroxylation sites is 1. The molecule has 0 spiro atoms. The number of hydrogen-bond donors (Lipinski definition) is 2. The summed E-state index contributed by atoms with van der Waals surface area (Å²) in [4.78, 5) is 24.1. The number of rotatable bonds is 6. The fourth-order valence-electron chi connectivity index (χ4n) is 2.14. The molecule has 0 atom stereocenters. The van der Waals surface area contributed by atoms with Crippen LogP contribution in [0.5, 0.6) is 11.5 Å². The summed E-state index contributed by atoms with van der Waals surface area (Å²) in [6.07, 6.45) is -0.403. The number of ether oxygens (including phenoxy) is 2. The summed E-state index contributed by atoms with van der Waals surface area (Å²) in [5.74, 6) is -0.0477. The van der Waals surface area contributed by atoms with Gasteiger partial charge in [-0.1, -0.05) is 12.1 Å². The molecule has 0 radical (unpaired) electrons. The van der Waals surface area contributed by atoms with Gasteiger partial charge in [-0.25, -0.2) is 0 Å². The van der Waals surface area contributed by atoms with Crippen molar-refractivity contribution in [3.8, 4) is 17.6 Å². The number of amides is 2. The van der Waals surface area contributed by atoms with Crippen LogP contribution in [0.3, 0.4) is 0 Å². The van der Waals surface area contributed by atoms with Crippen LogP contribution in [0.25, 0.3) is 0 Å². The molecule has 7 heteroatoms. The van der Waals surface area contributed by atoms with Crippen molar-refractivity contribution < 1.29 is 19.1 Å². The first-order chi connectivity index (χ1) is 12.1. The van der Waals surface area contributed by atoms with Gasteiger partial charge in [0.15, 0.2) is 0 Å². The van der Waals surface area contributed by atoms with Gasteiger partial charge in [-0.05, 0) is 24.3 Å². The number of carbonyl (C=O) groups is 2. The predicted molar refractivity (Wildman–Crippen MR) is 92.6 cm³/mol. The molecule has 0 saturated heterocycles. The average Bonchev–Trinajstić information content (AvgIpc) is 2.61. The summed E-state index contributed by atoms with van der Waals surface area (Å²) in [5, 5.41) is 14.2. The molecule has 2 N–H and O–H groups in total. The van der Waals surface area contributed by atoms with E-state index >= 15 is 0 Å². The zero-order valence-electron chi connectivity index (χ0n) is 13.8. The van der Waals surface area contributed by atoms with E-state index in [4.69, 9.17) is 14.7 Å². The first-order valence-electron chi connectivity index (χ1n) is 7.38. The normalized spacial score (nSPS) is 9.64. The van der Waals surface area contributed by atoms with Gasteiger partial charge >= 0.3 is 0 Å². The molecule has 2 amide bonds. The molecule has 0 aliphatic carbocycles. The molecule has 0 aliphatic heterocycles. The van der Waals surface area contributed by atoms with E-state index < -0.39 is 18.2 Å². The number of nitrogens with one attached hydrogen (secondary N) is 2. The van der Waals surface area contributed by atoms with Crippen LogP contribution in [0.2, 0.25) is 0 Å². The van der Waals surface area contributed by atoms with Gasteiger partial charge in [-0.15, -0.1) is 0 Å². The van der Waals surface area contributed by atoms with Crippen LogP contribution in [0.1, 0.15) is 12.0 Å². The zero-order chi connectivity index (χ0) is 18.2. The van der Waals surface area contributed by atoms with Crippen LogP contribution in [0.4, 0.5) is 11.4 Å². The SMILES string of the molecule is COc1ccc(OC)c(NC(=O)CC(=O)Nc2ccccc2C#N)c1. The summed E-state index contributed by atoms with van der Waals surface area (Å²) in [7, 11) is 2.98. The molecule has 128 valence electrons. The van der Waals surface area contributed by atoms with Gasteiger partial charge in [0.1, 0.15) is 24.0 Å². The molecule has 0 saturated carbocycles. The first-order valence-corrected chi connectivity index (χ1v) is 7.38. The Morgan fingerprint density at radius 1 is 1.00 bits per heavy atom. The van der Waals surface area contributed by atoms with Crippen molar-refractivity contribution in [3.05, 3.63) is 48.0 Å². The predicted octanol–water partition coefficient (Wildman–Crippen LogP) is 2.54. The van der Waals surface area contributed by atoms with Gasteiger partial charge in [0.05, 0.1) is 31.2 Å². The fourth-order valence-corrected chi connectivity index (χ4v) is 2.14. The Kier molecular flexibility index (Phi) is 5.96. The van der Waals surface area contributed by atoms with Crippen molar-refractivity contribution in [1.29, 1.82) is 5.26 Å². The number of anilines is 2. The minimum atomic E-state index is -0.526.